The lowest BCUT2D eigenvalue weighted by Crippen LogP contribution is -2.35. The molecule has 21 heavy (non-hydrogen) atoms. The second-order valence-electron chi connectivity index (χ2n) is 5.07. The van der Waals surface area contributed by atoms with Gasteiger partial charge in [-0.3, -0.25) is 4.79 Å². The first-order valence-corrected chi connectivity index (χ1v) is 7.13. The molecule has 0 saturated heterocycles. The monoisotopic (exact) mass is 302 g/mol. The number of phenolic OH excluding ortho intramolecular Hbond substituents is 1. The van der Waals surface area contributed by atoms with Gasteiger partial charge in [0.1, 0.15) is 5.75 Å². The quantitative estimate of drug-likeness (QED) is 0.795. The van der Waals surface area contributed by atoms with E-state index in [1.165, 1.54) is 12.1 Å². The van der Waals surface area contributed by atoms with Gasteiger partial charge in [0.2, 0.25) is 0 Å². The first-order chi connectivity index (χ1) is 10.1. The van der Waals surface area contributed by atoms with E-state index >= 15 is 0 Å². The topological polar surface area (TPSA) is 66.6 Å². The molecular weight excluding hydrogens is 288 g/mol. The van der Waals surface area contributed by atoms with Crippen LogP contribution in [-0.2, 0) is 6.42 Å². The smallest absolute Gasteiger partial charge is 0.258 e. The summed E-state index contributed by atoms with van der Waals surface area (Å²) < 4.78 is 0. The Bertz CT molecular complexity index is 715. The number of anilines is 2. The van der Waals surface area contributed by atoms with Gasteiger partial charge in [-0.1, -0.05) is 17.7 Å². The van der Waals surface area contributed by atoms with Gasteiger partial charge in [-0.15, -0.1) is 0 Å². The number of fused-ring (bicyclic) bond motifs is 1. The van der Waals surface area contributed by atoms with Gasteiger partial charge in [0, 0.05) is 23.5 Å². The van der Waals surface area contributed by atoms with Crippen molar-refractivity contribution >= 4 is 28.9 Å². The van der Waals surface area contributed by atoms with E-state index in [2.05, 4.69) is 0 Å². The van der Waals surface area contributed by atoms with Crippen molar-refractivity contribution in [3.05, 3.63) is 52.5 Å². The van der Waals surface area contributed by atoms with Crippen LogP contribution >= 0.6 is 11.6 Å². The standard InChI is InChI=1S/C16H15ClN2O2/c17-12-9-10(6-7-15(12)20)16(21)19-8-2-3-11-13(18)4-1-5-14(11)19/h1,4-7,9,20H,2-3,8,18H2. The minimum Gasteiger partial charge on any atom is -0.506 e. The molecule has 1 heterocycles. The molecule has 0 unspecified atom stereocenters. The molecular formula is C16H15ClN2O2. The molecule has 1 amide bonds. The third kappa shape index (κ3) is 2.43. The summed E-state index contributed by atoms with van der Waals surface area (Å²) in [6.45, 7) is 0.647. The summed E-state index contributed by atoms with van der Waals surface area (Å²) in [5.41, 5.74) is 9.04. The van der Waals surface area contributed by atoms with Crippen molar-refractivity contribution in [3.63, 3.8) is 0 Å². The maximum absolute atomic E-state index is 12.7. The second kappa shape index (κ2) is 5.30. The number of phenols is 1. The number of hydrogen-bond acceptors (Lipinski definition) is 3. The molecule has 0 aromatic heterocycles. The number of nitrogen functional groups attached to an aromatic ring is 1. The number of carbonyl (C=O) groups is 1. The number of carbonyl (C=O) groups excluding carboxylic acids is 1. The molecule has 0 bridgehead atoms. The lowest BCUT2D eigenvalue weighted by atomic mass is 9.99. The van der Waals surface area contributed by atoms with Crippen LogP contribution in [0.1, 0.15) is 22.3 Å². The maximum Gasteiger partial charge on any atom is 0.258 e. The number of aromatic hydroxyl groups is 1. The lowest BCUT2D eigenvalue weighted by molar-refractivity contribution is 0.0985. The van der Waals surface area contributed by atoms with Gasteiger partial charge in [0.05, 0.1) is 5.02 Å². The van der Waals surface area contributed by atoms with Gasteiger partial charge in [-0.25, -0.2) is 0 Å². The molecule has 2 aromatic carbocycles. The van der Waals surface area contributed by atoms with E-state index in [9.17, 15) is 9.90 Å². The summed E-state index contributed by atoms with van der Waals surface area (Å²) >= 11 is 5.88. The number of nitrogens with zero attached hydrogens (tertiary/aromatic N) is 1. The predicted octanol–water partition coefficient (Wildman–Crippen LogP) is 3.22. The molecule has 1 aliphatic rings. The van der Waals surface area contributed by atoms with Crippen LogP contribution in [0.5, 0.6) is 5.75 Å². The van der Waals surface area contributed by atoms with E-state index < -0.39 is 0 Å². The molecule has 0 fully saturated rings. The Hall–Kier alpha value is -2.20. The van der Waals surface area contributed by atoms with Crippen molar-refractivity contribution < 1.29 is 9.90 Å². The molecule has 108 valence electrons. The Balaban J connectivity index is 2.00. The number of amides is 1. The van der Waals surface area contributed by atoms with E-state index in [1.807, 2.05) is 18.2 Å². The SMILES string of the molecule is Nc1cccc2c1CCCN2C(=O)c1ccc(O)c(Cl)c1. The summed E-state index contributed by atoms with van der Waals surface area (Å²) in [5, 5.41) is 9.63. The van der Waals surface area contributed by atoms with Crippen LogP contribution in [0.3, 0.4) is 0 Å². The fourth-order valence-electron chi connectivity index (χ4n) is 2.66. The highest BCUT2D eigenvalue weighted by Gasteiger charge is 2.25. The molecule has 3 rings (SSSR count). The molecule has 0 radical (unpaired) electrons. The Morgan fingerprint density at radius 2 is 2.10 bits per heavy atom. The molecule has 3 N–H and O–H groups in total. The number of halogens is 1. The number of rotatable bonds is 1. The summed E-state index contributed by atoms with van der Waals surface area (Å²) in [4.78, 5) is 14.4. The molecule has 2 aromatic rings. The first-order valence-electron chi connectivity index (χ1n) is 6.75. The lowest BCUT2D eigenvalue weighted by Gasteiger charge is -2.30. The first kappa shape index (κ1) is 13.8. The van der Waals surface area contributed by atoms with E-state index in [0.717, 1.165) is 24.1 Å². The van der Waals surface area contributed by atoms with Gasteiger partial charge in [-0.05, 0) is 48.7 Å². The van der Waals surface area contributed by atoms with Crippen molar-refractivity contribution in [2.24, 2.45) is 0 Å². The predicted molar refractivity (Wildman–Crippen MR) is 84.0 cm³/mol. The van der Waals surface area contributed by atoms with Crippen molar-refractivity contribution in [2.45, 2.75) is 12.8 Å². The highest BCUT2D eigenvalue weighted by atomic mass is 35.5. The van der Waals surface area contributed by atoms with Gasteiger partial charge < -0.3 is 15.7 Å². The van der Waals surface area contributed by atoms with Crippen molar-refractivity contribution in [1.29, 1.82) is 0 Å². The van der Waals surface area contributed by atoms with Crippen molar-refractivity contribution in [1.82, 2.24) is 0 Å². The molecule has 0 aliphatic carbocycles. The molecule has 5 heteroatoms. The largest absolute Gasteiger partial charge is 0.506 e. The van der Waals surface area contributed by atoms with Crippen LogP contribution < -0.4 is 10.6 Å². The summed E-state index contributed by atoms with van der Waals surface area (Å²) in [6.07, 6.45) is 1.75. The van der Waals surface area contributed by atoms with E-state index in [1.54, 1.807) is 11.0 Å². The Kier molecular flexibility index (Phi) is 3.47. The molecule has 4 nitrogen and oxygen atoms in total. The van der Waals surface area contributed by atoms with Gasteiger partial charge >= 0.3 is 0 Å². The normalized spacial score (nSPS) is 13.9. The third-order valence-corrected chi connectivity index (χ3v) is 4.03. The van der Waals surface area contributed by atoms with E-state index in [0.29, 0.717) is 17.8 Å². The molecule has 0 atom stereocenters. The summed E-state index contributed by atoms with van der Waals surface area (Å²) in [6, 6.07) is 10.1. The molecule has 0 spiro atoms. The number of nitrogens with two attached hydrogens (primary N) is 1. The summed E-state index contributed by atoms with van der Waals surface area (Å²) in [5.74, 6) is -0.167. The Morgan fingerprint density at radius 1 is 1.29 bits per heavy atom. The second-order valence-corrected chi connectivity index (χ2v) is 5.48. The van der Waals surface area contributed by atoms with Crippen molar-refractivity contribution in [2.75, 3.05) is 17.2 Å². The Labute approximate surface area is 127 Å². The number of benzene rings is 2. The minimum absolute atomic E-state index is 0.0310. The maximum atomic E-state index is 12.7. The van der Waals surface area contributed by atoms with Gasteiger partial charge in [0.25, 0.3) is 5.91 Å². The van der Waals surface area contributed by atoms with Crippen LogP contribution in [0, 0.1) is 0 Å². The average Bonchev–Trinajstić information content (AvgIpc) is 2.49. The molecule has 1 aliphatic heterocycles. The van der Waals surface area contributed by atoms with Gasteiger partial charge in [0.15, 0.2) is 0 Å². The fourth-order valence-corrected chi connectivity index (χ4v) is 2.84. The number of hydrogen-bond donors (Lipinski definition) is 2. The zero-order valence-corrected chi connectivity index (χ0v) is 12.1. The van der Waals surface area contributed by atoms with Crippen LogP contribution in [0.4, 0.5) is 11.4 Å². The van der Waals surface area contributed by atoms with Crippen LogP contribution in [0.15, 0.2) is 36.4 Å². The third-order valence-electron chi connectivity index (χ3n) is 3.73. The fraction of sp³-hybridized carbons (Fsp3) is 0.188. The Morgan fingerprint density at radius 3 is 2.86 bits per heavy atom. The zero-order chi connectivity index (χ0) is 15.0. The average molecular weight is 303 g/mol. The van der Waals surface area contributed by atoms with Crippen LogP contribution in [-0.4, -0.2) is 17.6 Å². The zero-order valence-electron chi connectivity index (χ0n) is 11.3. The van der Waals surface area contributed by atoms with E-state index in [-0.39, 0.29) is 16.7 Å². The molecule has 0 saturated carbocycles. The minimum atomic E-state index is -0.136. The van der Waals surface area contributed by atoms with E-state index in [4.69, 9.17) is 17.3 Å². The highest BCUT2D eigenvalue weighted by molar-refractivity contribution is 6.32. The van der Waals surface area contributed by atoms with Crippen molar-refractivity contribution in [3.8, 4) is 5.75 Å². The van der Waals surface area contributed by atoms with Crippen LogP contribution in [0.2, 0.25) is 5.02 Å². The highest BCUT2D eigenvalue weighted by Crippen LogP contribution is 2.33. The van der Waals surface area contributed by atoms with Crippen LogP contribution in [0.25, 0.3) is 0 Å². The van der Waals surface area contributed by atoms with Gasteiger partial charge in [-0.2, -0.15) is 0 Å². The summed E-state index contributed by atoms with van der Waals surface area (Å²) in [7, 11) is 0.